The third kappa shape index (κ3) is 4.71. The maximum Gasteiger partial charge on any atom is 0.224 e. The Morgan fingerprint density at radius 2 is 2.00 bits per heavy atom. The number of likely N-dealkylation sites (tertiary alicyclic amines) is 1. The summed E-state index contributed by atoms with van der Waals surface area (Å²) in [5, 5.41) is 6.41. The number of carbonyl (C=O) groups excluding carboxylic acids is 1. The van der Waals surface area contributed by atoms with Crippen LogP contribution in [0.5, 0.6) is 5.75 Å². The van der Waals surface area contributed by atoms with Gasteiger partial charge in [-0.1, -0.05) is 12.1 Å². The van der Waals surface area contributed by atoms with Crippen molar-refractivity contribution < 1.29 is 9.53 Å². The highest BCUT2D eigenvalue weighted by Gasteiger charge is 2.24. The fraction of sp³-hybridized carbons (Fsp3) is 0.632. The van der Waals surface area contributed by atoms with Crippen LogP contribution in [0.3, 0.4) is 0 Å². The topological polar surface area (TPSA) is 53.6 Å². The number of piperidine rings is 1. The Morgan fingerprint density at radius 1 is 1.25 bits per heavy atom. The smallest absolute Gasteiger partial charge is 0.224 e. The first kappa shape index (κ1) is 17.2. The summed E-state index contributed by atoms with van der Waals surface area (Å²) in [6, 6.07) is 8.33. The SMILES string of the molecule is COc1ccc(CN2CCC(CNC(=O)C3CCNC3)CC2)cc1. The van der Waals surface area contributed by atoms with Crippen molar-refractivity contribution in [1.29, 1.82) is 0 Å². The molecule has 24 heavy (non-hydrogen) atoms. The average molecular weight is 331 g/mol. The molecule has 5 nitrogen and oxygen atoms in total. The Hall–Kier alpha value is -1.59. The van der Waals surface area contributed by atoms with E-state index in [4.69, 9.17) is 4.74 Å². The Morgan fingerprint density at radius 3 is 2.62 bits per heavy atom. The lowest BCUT2D eigenvalue weighted by molar-refractivity contribution is -0.124. The summed E-state index contributed by atoms with van der Waals surface area (Å²) < 4.78 is 5.20. The number of benzene rings is 1. The van der Waals surface area contributed by atoms with Gasteiger partial charge >= 0.3 is 0 Å². The Labute approximate surface area is 144 Å². The van der Waals surface area contributed by atoms with Crippen LogP contribution in [0, 0.1) is 11.8 Å². The van der Waals surface area contributed by atoms with Crippen LogP contribution in [0.1, 0.15) is 24.8 Å². The molecule has 0 aromatic heterocycles. The first-order valence-corrected chi connectivity index (χ1v) is 9.08. The zero-order chi connectivity index (χ0) is 16.8. The van der Waals surface area contributed by atoms with Crippen molar-refractivity contribution in [2.45, 2.75) is 25.8 Å². The maximum atomic E-state index is 12.1. The third-order valence-corrected chi connectivity index (χ3v) is 5.27. The van der Waals surface area contributed by atoms with Gasteiger partial charge in [0.2, 0.25) is 5.91 Å². The lowest BCUT2D eigenvalue weighted by Gasteiger charge is -2.32. The molecule has 1 amide bonds. The minimum Gasteiger partial charge on any atom is -0.497 e. The van der Waals surface area contributed by atoms with Crippen molar-refractivity contribution in [3.8, 4) is 5.75 Å². The van der Waals surface area contributed by atoms with E-state index < -0.39 is 0 Å². The number of nitrogens with one attached hydrogen (secondary N) is 2. The van der Waals surface area contributed by atoms with E-state index in [-0.39, 0.29) is 11.8 Å². The zero-order valence-corrected chi connectivity index (χ0v) is 14.6. The zero-order valence-electron chi connectivity index (χ0n) is 14.6. The minimum absolute atomic E-state index is 0.181. The molecular formula is C19H29N3O2. The van der Waals surface area contributed by atoms with Crippen LogP contribution >= 0.6 is 0 Å². The van der Waals surface area contributed by atoms with E-state index in [1.54, 1.807) is 7.11 Å². The summed E-state index contributed by atoms with van der Waals surface area (Å²) in [6.07, 6.45) is 3.31. The molecule has 1 aromatic carbocycles. The van der Waals surface area contributed by atoms with Crippen molar-refractivity contribution in [2.75, 3.05) is 39.8 Å². The predicted molar refractivity (Wildman–Crippen MR) is 95.0 cm³/mol. The summed E-state index contributed by atoms with van der Waals surface area (Å²) in [7, 11) is 1.70. The van der Waals surface area contributed by atoms with Gasteiger partial charge in [-0.3, -0.25) is 9.69 Å². The monoisotopic (exact) mass is 331 g/mol. The normalized spacial score (nSPS) is 22.5. The molecule has 1 atom stereocenters. The quantitative estimate of drug-likeness (QED) is 0.832. The lowest BCUT2D eigenvalue weighted by Crippen LogP contribution is -2.40. The van der Waals surface area contributed by atoms with Gasteiger partial charge in [-0.05, 0) is 62.5 Å². The van der Waals surface area contributed by atoms with Crippen molar-refractivity contribution >= 4 is 5.91 Å². The van der Waals surface area contributed by atoms with E-state index >= 15 is 0 Å². The molecule has 5 heteroatoms. The van der Waals surface area contributed by atoms with Crippen LogP contribution in [0.25, 0.3) is 0 Å². The highest BCUT2D eigenvalue weighted by molar-refractivity contribution is 5.79. The second kappa shape index (κ2) is 8.49. The third-order valence-electron chi connectivity index (χ3n) is 5.27. The van der Waals surface area contributed by atoms with Gasteiger partial charge in [0.05, 0.1) is 13.0 Å². The van der Waals surface area contributed by atoms with Crippen molar-refractivity contribution in [3.05, 3.63) is 29.8 Å². The summed E-state index contributed by atoms with van der Waals surface area (Å²) >= 11 is 0. The molecule has 3 rings (SSSR count). The van der Waals surface area contributed by atoms with Gasteiger partial charge in [0.1, 0.15) is 5.75 Å². The van der Waals surface area contributed by atoms with Gasteiger partial charge in [-0.15, -0.1) is 0 Å². The molecule has 0 aliphatic carbocycles. The van der Waals surface area contributed by atoms with Crippen LogP contribution in [0.15, 0.2) is 24.3 Å². The fourth-order valence-corrected chi connectivity index (χ4v) is 3.61. The first-order valence-electron chi connectivity index (χ1n) is 9.08. The van der Waals surface area contributed by atoms with E-state index in [1.807, 2.05) is 12.1 Å². The van der Waals surface area contributed by atoms with E-state index in [9.17, 15) is 4.79 Å². The van der Waals surface area contributed by atoms with Crippen molar-refractivity contribution in [2.24, 2.45) is 11.8 Å². The summed E-state index contributed by atoms with van der Waals surface area (Å²) in [6.45, 7) is 5.87. The number of hydrogen-bond donors (Lipinski definition) is 2. The Kier molecular flexibility index (Phi) is 6.10. The molecule has 132 valence electrons. The Bertz CT molecular complexity index is 518. The maximum absolute atomic E-state index is 12.1. The lowest BCUT2D eigenvalue weighted by atomic mass is 9.96. The highest BCUT2D eigenvalue weighted by atomic mass is 16.5. The second-order valence-electron chi connectivity index (χ2n) is 7.00. The molecule has 2 heterocycles. The van der Waals surface area contributed by atoms with Crippen LogP contribution in [0.4, 0.5) is 0 Å². The van der Waals surface area contributed by atoms with Gasteiger partial charge in [0, 0.05) is 19.6 Å². The number of rotatable bonds is 6. The molecule has 0 radical (unpaired) electrons. The molecule has 2 N–H and O–H groups in total. The first-order chi connectivity index (χ1) is 11.7. The molecule has 2 aliphatic heterocycles. The van der Waals surface area contributed by atoms with Crippen LogP contribution in [-0.4, -0.2) is 50.6 Å². The highest BCUT2D eigenvalue weighted by Crippen LogP contribution is 2.20. The number of ether oxygens (including phenoxy) is 1. The van der Waals surface area contributed by atoms with E-state index in [1.165, 1.54) is 18.4 Å². The van der Waals surface area contributed by atoms with Crippen LogP contribution in [0.2, 0.25) is 0 Å². The second-order valence-corrected chi connectivity index (χ2v) is 7.00. The molecule has 1 aromatic rings. The summed E-state index contributed by atoms with van der Waals surface area (Å²) in [5.74, 6) is 1.95. The van der Waals surface area contributed by atoms with Crippen LogP contribution < -0.4 is 15.4 Å². The molecule has 1 unspecified atom stereocenters. The number of carbonyl (C=O) groups is 1. The van der Waals surface area contributed by atoms with Gasteiger partial charge in [-0.25, -0.2) is 0 Å². The van der Waals surface area contributed by atoms with E-state index in [2.05, 4.69) is 27.7 Å². The molecule has 0 bridgehead atoms. The number of hydrogen-bond acceptors (Lipinski definition) is 4. The molecule has 2 fully saturated rings. The largest absolute Gasteiger partial charge is 0.497 e. The van der Waals surface area contributed by atoms with E-state index in [0.29, 0.717) is 5.92 Å². The number of nitrogens with zero attached hydrogens (tertiary/aromatic N) is 1. The van der Waals surface area contributed by atoms with Gasteiger partial charge in [0.25, 0.3) is 0 Å². The molecule has 0 saturated carbocycles. The summed E-state index contributed by atoms with van der Waals surface area (Å²) in [5.41, 5.74) is 1.33. The molecule has 0 spiro atoms. The van der Waals surface area contributed by atoms with Gasteiger partial charge < -0.3 is 15.4 Å². The van der Waals surface area contributed by atoms with Crippen LogP contribution in [-0.2, 0) is 11.3 Å². The van der Waals surface area contributed by atoms with Crippen molar-refractivity contribution in [1.82, 2.24) is 15.5 Å². The molecule has 2 saturated heterocycles. The van der Waals surface area contributed by atoms with E-state index in [0.717, 1.165) is 51.4 Å². The fourth-order valence-electron chi connectivity index (χ4n) is 3.61. The average Bonchev–Trinajstić information content (AvgIpc) is 3.16. The van der Waals surface area contributed by atoms with Crippen molar-refractivity contribution in [3.63, 3.8) is 0 Å². The Balaban J connectivity index is 1.36. The van der Waals surface area contributed by atoms with Gasteiger partial charge in [-0.2, -0.15) is 0 Å². The minimum atomic E-state index is 0.181. The number of amides is 1. The number of methoxy groups -OCH3 is 1. The molecular weight excluding hydrogens is 302 g/mol. The predicted octanol–water partition coefficient (Wildman–Crippen LogP) is 1.63. The standard InChI is InChI=1S/C19H29N3O2/c1-24-18-4-2-16(3-5-18)14-22-10-7-15(8-11-22)12-21-19(23)17-6-9-20-13-17/h2-5,15,17,20H,6-14H2,1H3,(H,21,23). The summed E-state index contributed by atoms with van der Waals surface area (Å²) in [4.78, 5) is 14.6. The van der Waals surface area contributed by atoms with Gasteiger partial charge in [0.15, 0.2) is 0 Å². The molecule has 2 aliphatic rings.